The normalized spacial score (nSPS) is 32.1. The highest BCUT2D eigenvalue weighted by molar-refractivity contribution is 8.01. The minimum atomic E-state index is -0.630. The van der Waals surface area contributed by atoms with Crippen LogP contribution in [0.4, 0.5) is 0 Å². The average molecular weight is 221 g/mol. The molecule has 0 unspecified atom stereocenters. The molecule has 0 saturated carbocycles. The highest BCUT2D eigenvalue weighted by atomic mass is 32.2. The van der Waals surface area contributed by atoms with Crippen LogP contribution in [0.25, 0.3) is 0 Å². The van der Waals surface area contributed by atoms with Crippen molar-refractivity contribution in [3.8, 4) is 0 Å². The number of thioether (sulfide) groups is 1. The van der Waals surface area contributed by atoms with E-state index in [2.05, 4.69) is 4.89 Å². The highest BCUT2D eigenvalue weighted by Gasteiger charge is 2.49. The molecule has 1 saturated heterocycles. The highest BCUT2D eigenvalue weighted by Crippen LogP contribution is 2.43. The predicted molar refractivity (Wildman–Crippen MR) is 52.6 cm³/mol. The van der Waals surface area contributed by atoms with Gasteiger partial charge < -0.3 is 5.11 Å². The Morgan fingerprint density at radius 1 is 1.64 bits per heavy atom. The second-order valence-electron chi connectivity index (χ2n) is 3.71. The third kappa shape index (κ3) is 1.94. The Kier molecular flexibility index (Phi) is 3.54. The molecule has 14 heavy (non-hydrogen) atoms. The van der Waals surface area contributed by atoms with Crippen molar-refractivity contribution in [2.45, 2.75) is 37.1 Å². The summed E-state index contributed by atoms with van der Waals surface area (Å²) in [5, 5.41) is 17.8. The lowest BCUT2D eigenvalue weighted by atomic mass is 10.1. The Morgan fingerprint density at radius 3 is 2.57 bits per heavy atom. The summed E-state index contributed by atoms with van der Waals surface area (Å²) in [4.78, 5) is 16.7. The third-order valence-corrected chi connectivity index (χ3v) is 3.75. The molecule has 5 nitrogen and oxygen atoms in total. The third-order valence-electron chi connectivity index (χ3n) is 2.36. The topological polar surface area (TPSA) is 70.0 Å². The van der Waals surface area contributed by atoms with Crippen LogP contribution in [0.3, 0.4) is 0 Å². The van der Waals surface area contributed by atoms with E-state index in [0.29, 0.717) is 0 Å². The summed E-state index contributed by atoms with van der Waals surface area (Å²) in [6.45, 7) is 4.91. The number of rotatable bonds is 3. The molecule has 0 aromatic carbocycles. The van der Waals surface area contributed by atoms with E-state index in [9.17, 15) is 4.79 Å². The lowest BCUT2D eigenvalue weighted by molar-refractivity contribution is -0.261. The SMILES string of the molecule is CC(=O)[C@@H]1[C@@H](OO)SC(C)(C)N1CO. The maximum atomic E-state index is 11.3. The average Bonchev–Trinajstić information content (AvgIpc) is 2.35. The molecule has 1 aliphatic rings. The van der Waals surface area contributed by atoms with Crippen molar-refractivity contribution in [3.05, 3.63) is 0 Å². The molecule has 0 bridgehead atoms. The minimum absolute atomic E-state index is 0.129. The quantitative estimate of drug-likeness (QED) is 0.534. The number of carbonyl (C=O) groups is 1. The van der Waals surface area contributed by atoms with E-state index in [1.54, 1.807) is 4.90 Å². The van der Waals surface area contributed by atoms with Crippen LogP contribution in [0, 0.1) is 0 Å². The van der Waals surface area contributed by atoms with E-state index < -0.39 is 16.3 Å². The molecule has 0 radical (unpaired) electrons. The van der Waals surface area contributed by atoms with Gasteiger partial charge in [0.2, 0.25) is 0 Å². The van der Waals surface area contributed by atoms with E-state index in [0.717, 1.165) is 0 Å². The number of Topliss-reactive ketones (excluding diaryl/α,β-unsaturated/α-hetero) is 1. The summed E-state index contributed by atoms with van der Waals surface area (Å²) >= 11 is 1.31. The standard InChI is InChI=1S/C8H15NO4S/c1-5(11)6-7(13-12)14-8(2,3)9(6)4-10/h6-7,10,12H,4H2,1-3H3/t6-,7+/m1/s1. The number of hydrogen-bond acceptors (Lipinski definition) is 6. The number of aliphatic hydroxyl groups excluding tert-OH is 1. The van der Waals surface area contributed by atoms with Crippen LogP contribution in [0.15, 0.2) is 0 Å². The number of carbonyl (C=O) groups excluding carboxylic acids is 1. The van der Waals surface area contributed by atoms with Crippen LogP contribution < -0.4 is 0 Å². The Labute approximate surface area is 87.0 Å². The molecular weight excluding hydrogens is 206 g/mol. The fourth-order valence-electron chi connectivity index (χ4n) is 1.65. The lowest BCUT2D eigenvalue weighted by Gasteiger charge is -2.30. The lowest BCUT2D eigenvalue weighted by Crippen LogP contribution is -2.47. The second-order valence-corrected chi connectivity index (χ2v) is 5.40. The van der Waals surface area contributed by atoms with Crippen molar-refractivity contribution in [1.29, 1.82) is 0 Å². The smallest absolute Gasteiger partial charge is 0.162 e. The van der Waals surface area contributed by atoms with Gasteiger partial charge in [0.25, 0.3) is 0 Å². The van der Waals surface area contributed by atoms with E-state index in [1.165, 1.54) is 18.7 Å². The fourth-order valence-corrected chi connectivity index (χ4v) is 3.03. The van der Waals surface area contributed by atoms with Crippen LogP contribution in [0.2, 0.25) is 0 Å². The minimum Gasteiger partial charge on any atom is -0.381 e. The van der Waals surface area contributed by atoms with Crippen LogP contribution >= 0.6 is 11.8 Å². The van der Waals surface area contributed by atoms with Gasteiger partial charge in [-0.2, -0.15) is 0 Å². The van der Waals surface area contributed by atoms with Gasteiger partial charge in [0.05, 0.1) is 11.6 Å². The number of nitrogens with zero attached hydrogens (tertiary/aromatic N) is 1. The van der Waals surface area contributed by atoms with Gasteiger partial charge in [-0.1, -0.05) is 0 Å². The van der Waals surface area contributed by atoms with Gasteiger partial charge >= 0.3 is 0 Å². The summed E-state index contributed by atoms with van der Waals surface area (Å²) < 4.78 is 0. The van der Waals surface area contributed by atoms with Crippen LogP contribution in [0.1, 0.15) is 20.8 Å². The van der Waals surface area contributed by atoms with Crippen molar-refractivity contribution >= 4 is 17.5 Å². The Bertz CT molecular complexity index is 233. The zero-order chi connectivity index (χ0) is 10.9. The largest absolute Gasteiger partial charge is 0.381 e. The van der Waals surface area contributed by atoms with Crippen LogP contribution in [0.5, 0.6) is 0 Å². The van der Waals surface area contributed by atoms with E-state index >= 15 is 0 Å². The van der Waals surface area contributed by atoms with Gasteiger partial charge in [0.1, 0.15) is 6.04 Å². The van der Waals surface area contributed by atoms with Crippen molar-refractivity contribution in [2.75, 3.05) is 6.73 Å². The number of hydrogen-bond donors (Lipinski definition) is 2. The second kappa shape index (κ2) is 4.16. The van der Waals surface area contributed by atoms with Crippen molar-refractivity contribution in [3.63, 3.8) is 0 Å². The molecule has 0 aliphatic carbocycles. The first-order valence-corrected chi connectivity index (χ1v) is 5.18. The zero-order valence-corrected chi connectivity index (χ0v) is 9.24. The van der Waals surface area contributed by atoms with Crippen LogP contribution in [-0.4, -0.2) is 44.1 Å². The van der Waals surface area contributed by atoms with Gasteiger partial charge in [-0.3, -0.25) is 15.0 Å². The molecule has 1 heterocycles. The molecule has 1 fully saturated rings. The molecule has 82 valence electrons. The maximum Gasteiger partial charge on any atom is 0.162 e. The van der Waals surface area contributed by atoms with E-state index in [1.807, 2.05) is 13.8 Å². The molecule has 2 atom stereocenters. The molecule has 0 amide bonds. The molecule has 2 N–H and O–H groups in total. The van der Waals surface area contributed by atoms with Gasteiger partial charge in [0, 0.05) is 0 Å². The van der Waals surface area contributed by atoms with Crippen LogP contribution in [-0.2, 0) is 9.68 Å². The number of ketones is 1. The first-order chi connectivity index (χ1) is 6.44. The van der Waals surface area contributed by atoms with Crippen molar-refractivity contribution in [2.24, 2.45) is 0 Å². The van der Waals surface area contributed by atoms with E-state index in [-0.39, 0.29) is 12.5 Å². The monoisotopic (exact) mass is 221 g/mol. The molecule has 0 spiro atoms. The van der Waals surface area contributed by atoms with Crippen molar-refractivity contribution in [1.82, 2.24) is 4.90 Å². The maximum absolute atomic E-state index is 11.3. The summed E-state index contributed by atoms with van der Waals surface area (Å²) in [7, 11) is 0. The molecule has 0 aromatic rings. The summed E-state index contributed by atoms with van der Waals surface area (Å²) in [5.74, 6) is -0.129. The Morgan fingerprint density at radius 2 is 2.21 bits per heavy atom. The Balaban J connectivity index is 2.92. The van der Waals surface area contributed by atoms with Gasteiger partial charge in [-0.05, 0) is 20.8 Å². The first kappa shape index (κ1) is 11.9. The zero-order valence-electron chi connectivity index (χ0n) is 8.43. The van der Waals surface area contributed by atoms with Gasteiger partial charge in [0.15, 0.2) is 11.2 Å². The first-order valence-electron chi connectivity index (χ1n) is 4.30. The van der Waals surface area contributed by atoms with Gasteiger partial charge in [-0.15, -0.1) is 11.8 Å². The number of aliphatic hydroxyl groups is 1. The molecular formula is C8H15NO4S. The summed E-state index contributed by atoms with van der Waals surface area (Å²) in [5.41, 5.74) is -0.630. The van der Waals surface area contributed by atoms with Crippen molar-refractivity contribution < 1.29 is 20.0 Å². The summed E-state index contributed by atoms with van der Waals surface area (Å²) in [6.07, 6.45) is 0. The predicted octanol–water partition coefficient (Wildman–Crippen LogP) is 0.494. The Hall–Kier alpha value is -0.140. The molecule has 0 aromatic heterocycles. The summed E-state index contributed by atoms with van der Waals surface area (Å²) in [6, 6.07) is -0.593. The molecule has 1 aliphatic heterocycles. The molecule has 1 rings (SSSR count). The fraction of sp³-hybridized carbons (Fsp3) is 0.875. The van der Waals surface area contributed by atoms with Gasteiger partial charge in [-0.25, -0.2) is 4.89 Å². The molecule has 6 heteroatoms. The van der Waals surface area contributed by atoms with E-state index in [4.69, 9.17) is 10.4 Å².